The first-order chi connectivity index (χ1) is 12.7. The highest BCUT2D eigenvalue weighted by atomic mass is 16.5. The Hall–Kier alpha value is -2.04. The van der Waals surface area contributed by atoms with E-state index in [1.165, 1.54) is 19.3 Å². The Morgan fingerprint density at radius 3 is 2.00 bits per heavy atom. The van der Waals surface area contributed by atoms with Crippen molar-refractivity contribution >= 4 is 11.8 Å². The van der Waals surface area contributed by atoms with Gasteiger partial charge in [-0.2, -0.15) is 0 Å². The van der Waals surface area contributed by atoms with Gasteiger partial charge in [-0.1, -0.05) is 6.42 Å². The minimum absolute atomic E-state index is 0.0492. The van der Waals surface area contributed by atoms with Crippen LogP contribution in [0.15, 0.2) is 24.3 Å². The largest absolute Gasteiger partial charge is 0.490 e. The molecule has 4 rings (SSSR count). The summed E-state index contributed by atoms with van der Waals surface area (Å²) < 4.78 is 5.97. The van der Waals surface area contributed by atoms with Crippen molar-refractivity contribution in [3.8, 4) is 5.75 Å². The highest BCUT2D eigenvalue weighted by molar-refractivity contribution is 5.94. The smallest absolute Gasteiger partial charge is 0.253 e. The van der Waals surface area contributed by atoms with Crippen LogP contribution in [0.4, 0.5) is 0 Å². The average molecular weight is 356 g/mol. The number of piperazine rings is 1. The zero-order valence-electron chi connectivity index (χ0n) is 15.4. The molecule has 0 N–H and O–H groups in total. The maximum absolute atomic E-state index is 12.7. The lowest BCUT2D eigenvalue weighted by atomic mass is 9.84. The molecule has 1 aliphatic heterocycles. The minimum atomic E-state index is 0.0492. The highest BCUT2D eigenvalue weighted by Gasteiger charge is 2.32. The predicted octanol–water partition coefficient (Wildman–Crippen LogP) is 3.09. The van der Waals surface area contributed by atoms with Gasteiger partial charge in [-0.15, -0.1) is 0 Å². The van der Waals surface area contributed by atoms with Crippen LogP contribution >= 0.6 is 0 Å². The fraction of sp³-hybridized carbons (Fsp3) is 0.619. The standard InChI is InChI=1S/C21H28N2O3/c24-20(16-4-3-5-16)22-12-14-23(15-13-22)21(25)17-8-10-19(11-9-17)26-18-6-1-2-7-18/h8-11,16,18H,1-7,12-15H2. The van der Waals surface area contributed by atoms with E-state index in [-0.39, 0.29) is 17.7 Å². The van der Waals surface area contributed by atoms with Crippen LogP contribution in [0.25, 0.3) is 0 Å². The van der Waals surface area contributed by atoms with E-state index in [9.17, 15) is 9.59 Å². The molecule has 1 saturated heterocycles. The van der Waals surface area contributed by atoms with Crippen molar-refractivity contribution in [2.75, 3.05) is 26.2 Å². The summed E-state index contributed by atoms with van der Waals surface area (Å²) >= 11 is 0. The summed E-state index contributed by atoms with van der Waals surface area (Å²) in [5, 5.41) is 0. The Morgan fingerprint density at radius 2 is 1.42 bits per heavy atom. The molecule has 1 heterocycles. The van der Waals surface area contributed by atoms with Crippen LogP contribution in [0, 0.1) is 5.92 Å². The second-order valence-corrected chi connectivity index (χ2v) is 7.79. The van der Waals surface area contributed by atoms with Crippen LogP contribution in [-0.4, -0.2) is 53.9 Å². The molecule has 3 aliphatic rings. The van der Waals surface area contributed by atoms with Crippen LogP contribution in [0.3, 0.4) is 0 Å². The van der Waals surface area contributed by atoms with Gasteiger partial charge in [-0.05, 0) is 62.8 Å². The molecule has 5 nitrogen and oxygen atoms in total. The summed E-state index contributed by atoms with van der Waals surface area (Å²) in [6, 6.07) is 7.53. The molecule has 5 heteroatoms. The van der Waals surface area contributed by atoms with E-state index in [1.807, 2.05) is 34.1 Å². The first-order valence-electron chi connectivity index (χ1n) is 10.1. The lowest BCUT2D eigenvalue weighted by Gasteiger charge is -2.38. The van der Waals surface area contributed by atoms with Crippen molar-refractivity contribution in [1.82, 2.24) is 9.80 Å². The van der Waals surface area contributed by atoms with Gasteiger partial charge in [0, 0.05) is 37.7 Å². The van der Waals surface area contributed by atoms with E-state index in [0.29, 0.717) is 37.8 Å². The first-order valence-corrected chi connectivity index (χ1v) is 10.1. The maximum Gasteiger partial charge on any atom is 0.253 e. The lowest BCUT2D eigenvalue weighted by Crippen LogP contribution is -2.52. The predicted molar refractivity (Wildman–Crippen MR) is 99.2 cm³/mol. The van der Waals surface area contributed by atoms with Crippen molar-refractivity contribution in [2.45, 2.75) is 51.0 Å². The van der Waals surface area contributed by atoms with Crippen LogP contribution in [-0.2, 0) is 4.79 Å². The number of rotatable bonds is 4. The Morgan fingerprint density at radius 1 is 0.808 bits per heavy atom. The summed E-state index contributed by atoms with van der Waals surface area (Å²) in [6.07, 6.45) is 8.33. The number of hydrogen-bond donors (Lipinski definition) is 0. The molecule has 1 aromatic rings. The number of carbonyl (C=O) groups is 2. The first kappa shape index (κ1) is 17.4. The summed E-state index contributed by atoms with van der Waals surface area (Å²) in [6.45, 7) is 2.56. The van der Waals surface area contributed by atoms with Gasteiger partial charge in [0.2, 0.25) is 5.91 Å². The molecule has 26 heavy (non-hydrogen) atoms. The topological polar surface area (TPSA) is 49.9 Å². The van der Waals surface area contributed by atoms with E-state index in [1.54, 1.807) is 0 Å². The van der Waals surface area contributed by atoms with Gasteiger partial charge in [0.15, 0.2) is 0 Å². The molecule has 0 unspecified atom stereocenters. The number of carbonyl (C=O) groups excluding carboxylic acids is 2. The van der Waals surface area contributed by atoms with Crippen molar-refractivity contribution in [3.63, 3.8) is 0 Å². The van der Waals surface area contributed by atoms with Crippen LogP contribution in [0.5, 0.6) is 5.75 Å². The number of hydrogen-bond acceptors (Lipinski definition) is 3. The summed E-state index contributed by atoms with van der Waals surface area (Å²) in [4.78, 5) is 28.8. The average Bonchev–Trinajstić information content (AvgIpc) is 3.13. The van der Waals surface area contributed by atoms with Gasteiger partial charge in [0.25, 0.3) is 5.91 Å². The van der Waals surface area contributed by atoms with E-state index in [0.717, 1.165) is 31.4 Å². The number of ether oxygens (including phenoxy) is 1. The molecule has 0 atom stereocenters. The molecule has 2 aliphatic carbocycles. The van der Waals surface area contributed by atoms with E-state index in [2.05, 4.69) is 0 Å². The van der Waals surface area contributed by atoms with Crippen LogP contribution < -0.4 is 4.74 Å². The maximum atomic E-state index is 12.7. The Bertz CT molecular complexity index is 640. The summed E-state index contributed by atoms with van der Waals surface area (Å²) in [5.74, 6) is 1.43. The molecule has 2 saturated carbocycles. The summed E-state index contributed by atoms with van der Waals surface area (Å²) in [5.41, 5.74) is 0.697. The quantitative estimate of drug-likeness (QED) is 0.833. The minimum Gasteiger partial charge on any atom is -0.490 e. The van der Waals surface area contributed by atoms with Crippen molar-refractivity contribution < 1.29 is 14.3 Å². The Kier molecular flexibility index (Phi) is 5.14. The van der Waals surface area contributed by atoms with Crippen molar-refractivity contribution in [3.05, 3.63) is 29.8 Å². The molecule has 0 bridgehead atoms. The van der Waals surface area contributed by atoms with Gasteiger partial charge < -0.3 is 14.5 Å². The third-order valence-electron chi connectivity index (χ3n) is 6.04. The fourth-order valence-electron chi connectivity index (χ4n) is 4.10. The Balaban J connectivity index is 1.29. The molecule has 3 fully saturated rings. The normalized spacial score (nSPS) is 21.5. The molecule has 0 spiro atoms. The van der Waals surface area contributed by atoms with Crippen molar-refractivity contribution in [1.29, 1.82) is 0 Å². The zero-order valence-corrected chi connectivity index (χ0v) is 15.4. The van der Waals surface area contributed by atoms with Gasteiger partial charge in [0.1, 0.15) is 5.75 Å². The van der Waals surface area contributed by atoms with Crippen LogP contribution in [0.1, 0.15) is 55.3 Å². The zero-order chi connectivity index (χ0) is 17.9. The number of nitrogens with zero attached hydrogens (tertiary/aromatic N) is 2. The molecule has 140 valence electrons. The third kappa shape index (κ3) is 3.71. The monoisotopic (exact) mass is 356 g/mol. The van der Waals surface area contributed by atoms with E-state index in [4.69, 9.17) is 4.74 Å². The Labute approximate surface area is 155 Å². The SMILES string of the molecule is O=C(c1ccc(OC2CCCC2)cc1)N1CCN(C(=O)C2CCC2)CC1. The molecule has 1 aromatic carbocycles. The number of benzene rings is 1. The van der Waals surface area contributed by atoms with E-state index < -0.39 is 0 Å². The molecular formula is C21H28N2O3. The molecular weight excluding hydrogens is 328 g/mol. The van der Waals surface area contributed by atoms with E-state index >= 15 is 0 Å². The second kappa shape index (κ2) is 7.68. The van der Waals surface area contributed by atoms with Gasteiger partial charge >= 0.3 is 0 Å². The van der Waals surface area contributed by atoms with Gasteiger partial charge in [0.05, 0.1) is 6.10 Å². The van der Waals surface area contributed by atoms with Gasteiger partial charge in [-0.25, -0.2) is 0 Å². The molecule has 0 radical (unpaired) electrons. The fourth-order valence-corrected chi connectivity index (χ4v) is 4.10. The third-order valence-corrected chi connectivity index (χ3v) is 6.04. The lowest BCUT2D eigenvalue weighted by molar-refractivity contribution is -0.139. The highest BCUT2D eigenvalue weighted by Crippen LogP contribution is 2.29. The number of amides is 2. The van der Waals surface area contributed by atoms with Crippen molar-refractivity contribution in [2.24, 2.45) is 5.92 Å². The summed E-state index contributed by atoms with van der Waals surface area (Å²) in [7, 11) is 0. The second-order valence-electron chi connectivity index (χ2n) is 7.79. The van der Waals surface area contributed by atoms with Crippen LogP contribution in [0.2, 0.25) is 0 Å². The van der Waals surface area contributed by atoms with Gasteiger partial charge in [-0.3, -0.25) is 9.59 Å². The molecule has 2 amide bonds. The molecule has 0 aromatic heterocycles.